The molecular formula is C19H17N9O4. The molecule has 0 aliphatic carbocycles. The third kappa shape index (κ3) is 3.24. The van der Waals surface area contributed by atoms with Crippen molar-refractivity contribution in [1.82, 2.24) is 25.1 Å². The van der Waals surface area contributed by atoms with Crippen LogP contribution in [0, 0.1) is 20.2 Å². The lowest BCUT2D eigenvalue weighted by molar-refractivity contribution is -0.394. The smallest absolute Gasteiger partial charge is 0.287 e. The second-order valence-corrected chi connectivity index (χ2v) is 7.24. The van der Waals surface area contributed by atoms with Gasteiger partial charge in [0.1, 0.15) is 12.1 Å². The zero-order chi connectivity index (χ0) is 22.2. The molecule has 0 bridgehead atoms. The maximum Gasteiger partial charge on any atom is 0.287 e. The van der Waals surface area contributed by atoms with Crippen LogP contribution in [0.5, 0.6) is 0 Å². The van der Waals surface area contributed by atoms with Crippen molar-refractivity contribution in [2.24, 2.45) is 4.99 Å². The van der Waals surface area contributed by atoms with Gasteiger partial charge in [-0.2, -0.15) is 0 Å². The van der Waals surface area contributed by atoms with Crippen LogP contribution in [0.4, 0.5) is 17.3 Å². The van der Waals surface area contributed by atoms with Crippen molar-refractivity contribution in [1.29, 1.82) is 0 Å². The standard InChI is InChI=1S/C19H17N9O4/c29-27(30)12-9-14-17(15(10-12)28(31)32)18(13-3-1-2-4-21-13)22-11-16-23-24-19(26(14)16)25-7-5-20-6-8-25/h1-4,9-10,20H,5-8,11H2. The van der Waals surface area contributed by atoms with Gasteiger partial charge in [-0.1, -0.05) is 6.07 Å². The van der Waals surface area contributed by atoms with Crippen LogP contribution >= 0.6 is 0 Å². The van der Waals surface area contributed by atoms with E-state index in [-0.39, 0.29) is 23.5 Å². The van der Waals surface area contributed by atoms with Gasteiger partial charge in [0.05, 0.1) is 33.0 Å². The van der Waals surface area contributed by atoms with Crippen LogP contribution < -0.4 is 10.2 Å². The van der Waals surface area contributed by atoms with Gasteiger partial charge in [0, 0.05) is 38.4 Å². The Morgan fingerprint density at radius 3 is 2.53 bits per heavy atom. The third-order valence-corrected chi connectivity index (χ3v) is 5.37. The summed E-state index contributed by atoms with van der Waals surface area (Å²) in [6.07, 6.45) is 1.56. The van der Waals surface area contributed by atoms with Gasteiger partial charge in [-0.15, -0.1) is 10.2 Å². The maximum absolute atomic E-state index is 12.0. The van der Waals surface area contributed by atoms with Crippen molar-refractivity contribution in [3.63, 3.8) is 0 Å². The molecule has 0 atom stereocenters. The molecule has 5 rings (SSSR count). The van der Waals surface area contributed by atoms with E-state index in [1.807, 2.05) is 4.90 Å². The summed E-state index contributed by atoms with van der Waals surface area (Å²) in [4.78, 5) is 33.2. The van der Waals surface area contributed by atoms with E-state index in [2.05, 4.69) is 25.5 Å². The molecule has 2 aliphatic heterocycles. The number of non-ortho nitro benzene ring substituents is 1. The average Bonchev–Trinajstić information content (AvgIpc) is 3.16. The minimum absolute atomic E-state index is 0.0879. The van der Waals surface area contributed by atoms with Crippen molar-refractivity contribution in [3.05, 3.63) is 73.8 Å². The predicted octanol–water partition coefficient (Wildman–Crippen LogP) is 1.24. The fourth-order valence-electron chi connectivity index (χ4n) is 3.93. The van der Waals surface area contributed by atoms with Gasteiger partial charge in [0.2, 0.25) is 5.95 Å². The lowest BCUT2D eigenvalue weighted by Gasteiger charge is -2.28. The summed E-state index contributed by atoms with van der Waals surface area (Å²) in [6.45, 7) is 2.86. The topological polar surface area (TPSA) is 158 Å². The largest absolute Gasteiger partial charge is 0.338 e. The first-order chi connectivity index (χ1) is 15.5. The highest BCUT2D eigenvalue weighted by Gasteiger charge is 2.34. The molecule has 0 saturated carbocycles. The van der Waals surface area contributed by atoms with E-state index in [0.717, 1.165) is 19.2 Å². The third-order valence-electron chi connectivity index (χ3n) is 5.37. The highest BCUT2D eigenvalue weighted by molar-refractivity contribution is 6.16. The molecule has 0 unspecified atom stereocenters. The number of piperazine rings is 1. The Bertz CT molecular complexity index is 1250. The quantitative estimate of drug-likeness (QED) is 0.470. The van der Waals surface area contributed by atoms with E-state index < -0.39 is 21.2 Å². The Labute approximate surface area is 180 Å². The minimum atomic E-state index is -0.649. The van der Waals surface area contributed by atoms with Crippen LogP contribution in [0.15, 0.2) is 41.5 Å². The number of nitrogens with one attached hydrogen (secondary N) is 1. The maximum atomic E-state index is 12.0. The molecule has 1 N–H and O–H groups in total. The highest BCUT2D eigenvalue weighted by atomic mass is 16.6. The van der Waals surface area contributed by atoms with Gasteiger partial charge in [0.25, 0.3) is 11.4 Å². The first-order valence-electron chi connectivity index (χ1n) is 9.88. The van der Waals surface area contributed by atoms with Gasteiger partial charge >= 0.3 is 0 Å². The SMILES string of the molecule is O=[N+]([O-])c1cc2c(c([N+](=O)[O-])c1)C(c1ccccn1)=NCc1nnc(N3CCNCC3)n1-2. The molecule has 0 amide bonds. The fraction of sp³-hybridized carbons (Fsp3) is 0.263. The summed E-state index contributed by atoms with van der Waals surface area (Å²) < 4.78 is 1.64. The molecule has 4 heterocycles. The van der Waals surface area contributed by atoms with E-state index >= 15 is 0 Å². The Kier molecular flexibility index (Phi) is 4.78. The number of nitrogens with zero attached hydrogens (tertiary/aromatic N) is 8. The molecule has 0 spiro atoms. The van der Waals surface area contributed by atoms with Crippen molar-refractivity contribution in [2.75, 3.05) is 31.1 Å². The molecule has 1 aromatic carbocycles. The van der Waals surface area contributed by atoms with E-state index in [1.165, 1.54) is 6.07 Å². The van der Waals surface area contributed by atoms with Crippen LogP contribution in [0.3, 0.4) is 0 Å². The van der Waals surface area contributed by atoms with Crippen LogP contribution in [0.1, 0.15) is 17.1 Å². The van der Waals surface area contributed by atoms with Crippen LogP contribution in [-0.4, -0.2) is 61.5 Å². The molecule has 13 nitrogen and oxygen atoms in total. The normalized spacial score (nSPS) is 15.4. The van der Waals surface area contributed by atoms with Crippen LogP contribution in [0.2, 0.25) is 0 Å². The Morgan fingerprint density at radius 2 is 1.84 bits per heavy atom. The summed E-state index contributed by atoms with van der Waals surface area (Å²) in [7, 11) is 0. The molecule has 13 heteroatoms. The Hall–Kier alpha value is -4.26. The average molecular weight is 435 g/mol. The van der Waals surface area contributed by atoms with Crippen molar-refractivity contribution >= 4 is 23.0 Å². The summed E-state index contributed by atoms with van der Waals surface area (Å²) in [5.41, 5.74) is 0.262. The first-order valence-corrected chi connectivity index (χ1v) is 9.88. The highest BCUT2D eigenvalue weighted by Crippen LogP contribution is 2.37. The second kappa shape index (κ2) is 7.77. The van der Waals surface area contributed by atoms with Gasteiger partial charge in [-0.05, 0) is 12.1 Å². The molecule has 1 saturated heterocycles. The van der Waals surface area contributed by atoms with Crippen LogP contribution in [0.25, 0.3) is 5.69 Å². The zero-order valence-electron chi connectivity index (χ0n) is 16.7. The first kappa shape index (κ1) is 19.7. The monoisotopic (exact) mass is 435 g/mol. The molecule has 162 valence electrons. The summed E-state index contributed by atoms with van der Waals surface area (Å²) in [5.74, 6) is 0.899. The molecular weight excluding hydrogens is 418 g/mol. The van der Waals surface area contributed by atoms with Crippen LogP contribution in [-0.2, 0) is 6.54 Å². The lowest BCUT2D eigenvalue weighted by Crippen LogP contribution is -2.44. The van der Waals surface area contributed by atoms with E-state index in [0.29, 0.717) is 30.6 Å². The van der Waals surface area contributed by atoms with Crippen molar-refractivity contribution in [2.45, 2.75) is 6.54 Å². The summed E-state index contributed by atoms with van der Waals surface area (Å²) in [5, 5.41) is 35.4. The molecule has 1 fully saturated rings. The molecule has 2 aliphatic rings. The fourth-order valence-corrected chi connectivity index (χ4v) is 3.93. The van der Waals surface area contributed by atoms with Crippen molar-refractivity contribution in [3.8, 4) is 5.69 Å². The predicted molar refractivity (Wildman–Crippen MR) is 113 cm³/mol. The number of nitro benzene ring substituents is 2. The number of rotatable bonds is 4. The molecule has 2 aromatic heterocycles. The van der Waals surface area contributed by atoms with Gasteiger partial charge < -0.3 is 10.2 Å². The molecule has 32 heavy (non-hydrogen) atoms. The number of fused-ring (bicyclic) bond motifs is 3. The summed E-state index contributed by atoms with van der Waals surface area (Å²) in [6, 6.07) is 7.43. The number of benzene rings is 1. The van der Waals surface area contributed by atoms with E-state index in [9.17, 15) is 20.2 Å². The van der Waals surface area contributed by atoms with Gasteiger partial charge in [0.15, 0.2) is 5.82 Å². The molecule has 0 radical (unpaired) electrons. The molecule has 3 aromatic rings. The summed E-state index contributed by atoms with van der Waals surface area (Å²) >= 11 is 0. The number of pyridine rings is 1. The van der Waals surface area contributed by atoms with E-state index in [1.54, 1.807) is 29.0 Å². The Balaban J connectivity index is 1.82. The lowest BCUT2D eigenvalue weighted by atomic mass is 10.0. The minimum Gasteiger partial charge on any atom is -0.338 e. The number of anilines is 1. The van der Waals surface area contributed by atoms with E-state index in [4.69, 9.17) is 0 Å². The number of hydrogen-bond acceptors (Lipinski definition) is 10. The Morgan fingerprint density at radius 1 is 1.03 bits per heavy atom. The second-order valence-electron chi connectivity index (χ2n) is 7.24. The zero-order valence-corrected chi connectivity index (χ0v) is 16.7. The van der Waals surface area contributed by atoms with Crippen molar-refractivity contribution < 1.29 is 9.85 Å². The number of aromatic nitrogens is 4. The number of aliphatic imine (C=N–C) groups is 1. The number of hydrogen-bond donors (Lipinski definition) is 1. The number of nitro groups is 2. The van der Waals surface area contributed by atoms with Gasteiger partial charge in [-0.3, -0.25) is 34.8 Å². The van der Waals surface area contributed by atoms with Gasteiger partial charge in [-0.25, -0.2) is 0 Å².